The molecule has 4 rings (SSSR count). The van der Waals surface area contributed by atoms with Crippen molar-refractivity contribution in [1.29, 1.82) is 0 Å². The summed E-state index contributed by atoms with van der Waals surface area (Å²) in [5.41, 5.74) is 4.98. The first-order chi connectivity index (χ1) is 16.3. The fraction of sp³-hybridized carbons (Fsp3) is 0.192. The minimum atomic E-state index is -4.45. The predicted molar refractivity (Wildman–Crippen MR) is 123 cm³/mol. The molecule has 5 nitrogen and oxygen atoms in total. The molecule has 0 fully saturated rings. The average molecular weight is 465 g/mol. The number of amides is 1. The third-order valence-corrected chi connectivity index (χ3v) is 5.27. The highest BCUT2D eigenvalue weighted by atomic mass is 19.4. The van der Waals surface area contributed by atoms with Crippen molar-refractivity contribution in [1.82, 2.24) is 15.3 Å². The van der Waals surface area contributed by atoms with Crippen LogP contribution in [-0.4, -0.2) is 28.7 Å². The number of ether oxygens (including phenoxy) is 1. The fourth-order valence-electron chi connectivity index (χ4n) is 3.74. The lowest BCUT2D eigenvalue weighted by Gasteiger charge is -2.16. The molecule has 1 N–H and O–H groups in total. The van der Waals surface area contributed by atoms with Crippen molar-refractivity contribution in [3.8, 4) is 17.0 Å². The Bertz CT molecular complexity index is 1310. The smallest absolute Gasteiger partial charge is 0.422 e. The molecule has 0 unspecified atom stereocenters. The average Bonchev–Trinajstić information content (AvgIpc) is 2.82. The van der Waals surface area contributed by atoms with E-state index in [1.165, 1.54) is 12.3 Å². The molecular weight excluding hydrogens is 443 g/mol. The molecule has 0 aliphatic heterocycles. The standard InChI is InChI=1S/C26H22F3N3O2/c1-17-21(25(19-7-3-2-4-8-19)20-9-5-6-10-22(20)32-17)14-23(33)31-15-18-11-12-30-24(13-18)34-16-26(27,28)29/h2-13H,14-16H2,1H3,(H,31,33). The maximum atomic E-state index is 12.9. The molecule has 4 aromatic rings. The van der Waals surface area contributed by atoms with E-state index >= 15 is 0 Å². The van der Waals surface area contributed by atoms with Crippen LogP contribution in [0.3, 0.4) is 0 Å². The van der Waals surface area contributed by atoms with Crippen molar-refractivity contribution >= 4 is 16.8 Å². The first-order valence-corrected chi connectivity index (χ1v) is 10.6. The van der Waals surface area contributed by atoms with E-state index in [1.807, 2.05) is 61.5 Å². The highest BCUT2D eigenvalue weighted by Crippen LogP contribution is 2.33. The number of benzene rings is 2. The number of alkyl halides is 3. The summed E-state index contributed by atoms with van der Waals surface area (Å²) in [6.45, 7) is 0.589. The largest absolute Gasteiger partial charge is 0.468 e. The van der Waals surface area contributed by atoms with Gasteiger partial charge < -0.3 is 10.1 Å². The molecule has 0 aliphatic carbocycles. The fourth-order valence-corrected chi connectivity index (χ4v) is 3.74. The lowest BCUT2D eigenvalue weighted by Crippen LogP contribution is -2.25. The van der Waals surface area contributed by atoms with Crippen LogP contribution >= 0.6 is 0 Å². The number of carbonyl (C=O) groups is 1. The minimum absolute atomic E-state index is 0.108. The molecule has 0 radical (unpaired) electrons. The maximum Gasteiger partial charge on any atom is 0.422 e. The Morgan fingerprint density at radius 3 is 2.53 bits per heavy atom. The number of nitrogens with zero attached hydrogens (tertiary/aromatic N) is 2. The van der Waals surface area contributed by atoms with E-state index < -0.39 is 12.8 Å². The third-order valence-electron chi connectivity index (χ3n) is 5.27. The molecule has 34 heavy (non-hydrogen) atoms. The number of para-hydroxylation sites is 1. The van der Waals surface area contributed by atoms with Gasteiger partial charge in [-0.1, -0.05) is 48.5 Å². The number of fused-ring (bicyclic) bond motifs is 1. The summed E-state index contributed by atoms with van der Waals surface area (Å²) in [6.07, 6.45) is -3.00. The van der Waals surface area contributed by atoms with E-state index in [4.69, 9.17) is 0 Å². The minimum Gasteiger partial charge on any atom is -0.468 e. The van der Waals surface area contributed by atoms with Crippen molar-refractivity contribution in [2.24, 2.45) is 0 Å². The van der Waals surface area contributed by atoms with Gasteiger partial charge >= 0.3 is 6.18 Å². The van der Waals surface area contributed by atoms with Crippen LogP contribution in [0.1, 0.15) is 16.8 Å². The van der Waals surface area contributed by atoms with Gasteiger partial charge in [0.05, 0.1) is 11.9 Å². The Kier molecular flexibility index (Phi) is 6.77. The van der Waals surface area contributed by atoms with Gasteiger partial charge in [0.2, 0.25) is 11.8 Å². The summed E-state index contributed by atoms with van der Waals surface area (Å²) >= 11 is 0. The van der Waals surface area contributed by atoms with Gasteiger partial charge in [0, 0.05) is 29.9 Å². The van der Waals surface area contributed by atoms with Crippen molar-refractivity contribution in [3.63, 3.8) is 0 Å². The topological polar surface area (TPSA) is 64.1 Å². The SMILES string of the molecule is Cc1nc2ccccc2c(-c2ccccc2)c1CC(=O)NCc1ccnc(OCC(F)(F)F)c1. The van der Waals surface area contributed by atoms with Crippen LogP contribution in [0.5, 0.6) is 5.88 Å². The van der Waals surface area contributed by atoms with Crippen molar-refractivity contribution in [2.75, 3.05) is 6.61 Å². The summed E-state index contributed by atoms with van der Waals surface area (Å²) < 4.78 is 41.8. The van der Waals surface area contributed by atoms with Gasteiger partial charge in [-0.05, 0) is 41.3 Å². The third kappa shape index (κ3) is 5.70. The van der Waals surface area contributed by atoms with Gasteiger partial charge in [-0.3, -0.25) is 9.78 Å². The molecule has 0 spiro atoms. The predicted octanol–water partition coefficient (Wildman–Crippen LogP) is 5.41. The number of aryl methyl sites for hydroxylation is 1. The van der Waals surface area contributed by atoms with Crippen molar-refractivity contribution in [2.45, 2.75) is 26.1 Å². The first kappa shape index (κ1) is 23.2. The van der Waals surface area contributed by atoms with Crippen LogP contribution in [0.4, 0.5) is 13.2 Å². The Balaban J connectivity index is 1.53. The van der Waals surface area contributed by atoms with Crippen LogP contribution < -0.4 is 10.1 Å². The number of hydrogen-bond donors (Lipinski definition) is 1. The Labute approximate surface area is 194 Å². The van der Waals surface area contributed by atoms with Gasteiger partial charge in [-0.15, -0.1) is 0 Å². The van der Waals surface area contributed by atoms with Crippen molar-refractivity contribution < 1.29 is 22.7 Å². The normalized spacial score (nSPS) is 11.4. The molecular formula is C26H22F3N3O2. The number of carbonyl (C=O) groups excluding carboxylic acids is 1. The number of halogens is 3. The number of pyridine rings is 2. The molecule has 0 aliphatic rings. The second-order valence-electron chi connectivity index (χ2n) is 7.79. The molecule has 2 aromatic heterocycles. The van der Waals surface area contributed by atoms with E-state index in [0.717, 1.165) is 33.3 Å². The van der Waals surface area contributed by atoms with Crippen LogP contribution in [0.2, 0.25) is 0 Å². The van der Waals surface area contributed by atoms with Gasteiger partial charge in [-0.2, -0.15) is 13.2 Å². The van der Waals surface area contributed by atoms with Gasteiger partial charge in [0.15, 0.2) is 6.61 Å². The highest BCUT2D eigenvalue weighted by Gasteiger charge is 2.28. The highest BCUT2D eigenvalue weighted by molar-refractivity contribution is 5.98. The number of rotatable bonds is 7. The van der Waals surface area contributed by atoms with Crippen LogP contribution in [-0.2, 0) is 17.8 Å². The van der Waals surface area contributed by atoms with Crippen LogP contribution in [0, 0.1) is 6.92 Å². The summed E-state index contributed by atoms with van der Waals surface area (Å²) in [6, 6.07) is 20.6. The molecule has 174 valence electrons. The summed E-state index contributed by atoms with van der Waals surface area (Å²) in [5.74, 6) is -0.378. The summed E-state index contributed by atoms with van der Waals surface area (Å²) in [4.78, 5) is 21.3. The van der Waals surface area contributed by atoms with Crippen LogP contribution in [0.25, 0.3) is 22.0 Å². The second kappa shape index (κ2) is 9.91. The summed E-state index contributed by atoms with van der Waals surface area (Å²) in [7, 11) is 0. The van der Waals surface area contributed by atoms with Gasteiger partial charge in [0.1, 0.15) is 0 Å². The van der Waals surface area contributed by atoms with Gasteiger partial charge in [0.25, 0.3) is 0 Å². The van der Waals surface area contributed by atoms with Crippen molar-refractivity contribution in [3.05, 3.63) is 89.7 Å². The lowest BCUT2D eigenvalue weighted by atomic mass is 9.92. The number of aromatic nitrogens is 2. The Hall–Kier alpha value is -3.94. The molecule has 0 bridgehead atoms. The molecule has 8 heteroatoms. The zero-order chi connectivity index (χ0) is 24.1. The number of hydrogen-bond acceptors (Lipinski definition) is 4. The maximum absolute atomic E-state index is 12.9. The van der Waals surface area contributed by atoms with E-state index in [1.54, 1.807) is 6.07 Å². The zero-order valence-electron chi connectivity index (χ0n) is 18.4. The molecule has 1 amide bonds. The quantitative estimate of drug-likeness (QED) is 0.397. The molecule has 2 aromatic carbocycles. The van der Waals surface area contributed by atoms with Crippen LogP contribution in [0.15, 0.2) is 72.9 Å². The molecule has 0 atom stereocenters. The molecule has 0 saturated carbocycles. The number of nitrogens with one attached hydrogen (secondary N) is 1. The first-order valence-electron chi connectivity index (χ1n) is 10.6. The molecule has 2 heterocycles. The lowest BCUT2D eigenvalue weighted by molar-refractivity contribution is -0.154. The summed E-state index contributed by atoms with van der Waals surface area (Å²) in [5, 5.41) is 3.79. The van der Waals surface area contributed by atoms with E-state index in [0.29, 0.717) is 5.56 Å². The monoisotopic (exact) mass is 465 g/mol. The Morgan fingerprint density at radius 2 is 1.76 bits per heavy atom. The zero-order valence-corrected chi connectivity index (χ0v) is 18.4. The van der Waals surface area contributed by atoms with E-state index in [9.17, 15) is 18.0 Å². The van der Waals surface area contributed by atoms with E-state index in [2.05, 4.69) is 20.0 Å². The second-order valence-corrected chi connectivity index (χ2v) is 7.79. The molecule has 0 saturated heterocycles. The van der Waals surface area contributed by atoms with Gasteiger partial charge in [-0.25, -0.2) is 4.98 Å². The van der Waals surface area contributed by atoms with E-state index in [-0.39, 0.29) is 24.8 Å². The Morgan fingerprint density at radius 1 is 1.03 bits per heavy atom.